The zero-order valence-corrected chi connectivity index (χ0v) is 9.07. The number of hydrogen-bond acceptors (Lipinski definition) is 1. The normalized spacial score (nSPS) is 13.4. The molecule has 1 atom stereocenters. The number of aryl methyl sites for hydroxylation is 1. The standard InChI is InChI=1S/C12H13F3O2/c13-12(14,15)10(8-11(16)17)7-6-9-4-2-1-3-5-9/h1-5,10H,6-8H2,(H,16,17). The van der Waals surface area contributed by atoms with E-state index in [0.717, 1.165) is 5.56 Å². The molecule has 17 heavy (non-hydrogen) atoms. The zero-order valence-electron chi connectivity index (χ0n) is 9.07. The van der Waals surface area contributed by atoms with Gasteiger partial charge in [0.15, 0.2) is 0 Å². The average Bonchev–Trinajstić information content (AvgIpc) is 2.23. The Morgan fingerprint density at radius 3 is 2.29 bits per heavy atom. The van der Waals surface area contributed by atoms with Crippen LogP contribution >= 0.6 is 0 Å². The maximum atomic E-state index is 12.5. The highest BCUT2D eigenvalue weighted by molar-refractivity contribution is 5.67. The lowest BCUT2D eigenvalue weighted by atomic mass is 9.96. The van der Waals surface area contributed by atoms with Crippen LogP contribution < -0.4 is 0 Å². The van der Waals surface area contributed by atoms with Gasteiger partial charge in [-0.2, -0.15) is 13.2 Å². The van der Waals surface area contributed by atoms with Crippen molar-refractivity contribution in [3.05, 3.63) is 35.9 Å². The molecule has 0 saturated carbocycles. The van der Waals surface area contributed by atoms with E-state index in [9.17, 15) is 18.0 Å². The number of rotatable bonds is 5. The van der Waals surface area contributed by atoms with E-state index in [4.69, 9.17) is 5.11 Å². The van der Waals surface area contributed by atoms with E-state index in [0.29, 0.717) is 0 Å². The molecule has 5 heteroatoms. The van der Waals surface area contributed by atoms with Gasteiger partial charge in [-0.1, -0.05) is 30.3 Å². The summed E-state index contributed by atoms with van der Waals surface area (Å²) in [5.41, 5.74) is 0.784. The number of benzene rings is 1. The molecule has 1 aromatic rings. The first-order chi connectivity index (χ1) is 7.89. The Labute approximate surface area is 97.1 Å². The summed E-state index contributed by atoms with van der Waals surface area (Å²) in [6.45, 7) is 0. The van der Waals surface area contributed by atoms with Crippen LogP contribution in [0.4, 0.5) is 13.2 Å². The van der Waals surface area contributed by atoms with E-state index in [1.54, 1.807) is 30.3 Å². The largest absolute Gasteiger partial charge is 0.481 e. The third kappa shape index (κ3) is 4.89. The fourth-order valence-corrected chi connectivity index (χ4v) is 1.58. The number of carboxylic acid groups (broad SMARTS) is 1. The third-order valence-electron chi connectivity index (χ3n) is 2.51. The van der Waals surface area contributed by atoms with Crippen molar-refractivity contribution in [2.45, 2.75) is 25.4 Å². The molecule has 0 aliphatic heterocycles. The quantitative estimate of drug-likeness (QED) is 0.865. The molecule has 1 unspecified atom stereocenters. The summed E-state index contributed by atoms with van der Waals surface area (Å²) in [6.07, 6.45) is -5.28. The second kappa shape index (κ2) is 5.70. The molecular weight excluding hydrogens is 233 g/mol. The molecule has 1 rings (SSSR count). The van der Waals surface area contributed by atoms with E-state index in [1.165, 1.54) is 0 Å². The van der Waals surface area contributed by atoms with Crippen LogP contribution in [0.3, 0.4) is 0 Å². The van der Waals surface area contributed by atoms with Gasteiger partial charge in [0.1, 0.15) is 0 Å². The molecule has 0 saturated heterocycles. The third-order valence-corrected chi connectivity index (χ3v) is 2.51. The van der Waals surface area contributed by atoms with Crippen molar-refractivity contribution in [2.75, 3.05) is 0 Å². The summed E-state index contributed by atoms with van der Waals surface area (Å²) in [7, 11) is 0. The van der Waals surface area contributed by atoms with E-state index >= 15 is 0 Å². The lowest BCUT2D eigenvalue weighted by Gasteiger charge is -2.18. The lowest BCUT2D eigenvalue weighted by Crippen LogP contribution is -2.26. The number of carbonyl (C=O) groups is 1. The van der Waals surface area contributed by atoms with Gasteiger partial charge in [-0.3, -0.25) is 4.79 Å². The van der Waals surface area contributed by atoms with E-state index in [-0.39, 0.29) is 12.8 Å². The second-order valence-corrected chi connectivity index (χ2v) is 3.86. The summed E-state index contributed by atoms with van der Waals surface area (Å²) in [6, 6.07) is 8.73. The van der Waals surface area contributed by atoms with E-state index in [1.807, 2.05) is 0 Å². The summed E-state index contributed by atoms with van der Waals surface area (Å²) in [5.74, 6) is -3.19. The Morgan fingerprint density at radius 1 is 1.24 bits per heavy atom. The van der Waals surface area contributed by atoms with Gasteiger partial charge in [-0.05, 0) is 18.4 Å². The highest BCUT2D eigenvalue weighted by Gasteiger charge is 2.40. The molecular formula is C12H13F3O2. The number of hydrogen-bond donors (Lipinski definition) is 1. The fourth-order valence-electron chi connectivity index (χ4n) is 1.58. The maximum absolute atomic E-state index is 12.5. The second-order valence-electron chi connectivity index (χ2n) is 3.86. The SMILES string of the molecule is O=C(O)CC(CCc1ccccc1)C(F)(F)F. The van der Waals surface area contributed by atoms with Gasteiger partial charge < -0.3 is 5.11 Å². The van der Waals surface area contributed by atoms with Crippen LogP contribution in [-0.2, 0) is 11.2 Å². The van der Waals surface area contributed by atoms with Gasteiger partial charge in [0, 0.05) is 0 Å². The van der Waals surface area contributed by atoms with E-state index < -0.39 is 24.5 Å². The molecule has 0 heterocycles. The van der Waals surface area contributed by atoms with Crippen molar-refractivity contribution in [1.82, 2.24) is 0 Å². The Balaban J connectivity index is 2.59. The van der Waals surface area contributed by atoms with Gasteiger partial charge >= 0.3 is 12.1 Å². The highest BCUT2D eigenvalue weighted by Crippen LogP contribution is 2.32. The van der Waals surface area contributed by atoms with Crippen LogP contribution in [-0.4, -0.2) is 17.3 Å². The minimum Gasteiger partial charge on any atom is -0.481 e. The highest BCUT2D eigenvalue weighted by atomic mass is 19.4. The van der Waals surface area contributed by atoms with Gasteiger partial charge in [-0.25, -0.2) is 0 Å². The van der Waals surface area contributed by atoms with Gasteiger partial charge in [0.05, 0.1) is 12.3 Å². The fraction of sp³-hybridized carbons (Fsp3) is 0.417. The summed E-state index contributed by atoms with van der Waals surface area (Å²) < 4.78 is 37.6. The Hall–Kier alpha value is -1.52. The molecule has 0 bridgehead atoms. The molecule has 0 spiro atoms. The lowest BCUT2D eigenvalue weighted by molar-refractivity contribution is -0.184. The van der Waals surface area contributed by atoms with Crippen LogP contribution in [0.25, 0.3) is 0 Å². The minimum atomic E-state index is -4.45. The topological polar surface area (TPSA) is 37.3 Å². The molecule has 0 aliphatic rings. The van der Waals surface area contributed by atoms with Gasteiger partial charge in [0.2, 0.25) is 0 Å². The minimum absolute atomic E-state index is 0.195. The van der Waals surface area contributed by atoms with Crippen molar-refractivity contribution in [3.8, 4) is 0 Å². The van der Waals surface area contributed by atoms with Crippen LogP contribution in [0.5, 0.6) is 0 Å². The molecule has 0 aliphatic carbocycles. The van der Waals surface area contributed by atoms with Crippen LogP contribution in [0.2, 0.25) is 0 Å². The maximum Gasteiger partial charge on any atom is 0.392 e. The van der Waals surface area contributed by atoms with Crippen molar-refractivity contribution in [3.63, 3.8) is 0 Å². The smallest absolute Gasteiger partial charge is 0.392 e. The summed E-state index contributed by atoms with van der Waals surface area (Å²) in [4.78, 5) is 10.4. The van der Waals surface area contributed by atoms with Crippen molar-refractivity contribution in [1.29, 1.82) is 0 Å². The first-order valence-electron chi connectivity index (χ1n) is 5.22. The number of carboxylic acids is 1. The predicted molar refractivity (Wildman–Crippen MR) is 56.6 cm³/mol. The number of aliphatic carboxylic acids is 1. The van der Waals surface area contributed by atoms with Crippen LogP contribution in [0.15, 0.2) is 30.3 Å². The predicted octanol–water partition coefficient (Wildman–Crippen LogP) is 3.27. The molecule has 2 nitrogen and oxygen atoms in total. The van der Waals surface area contributed by atoms with Gasteiger partial charge in [-0.15, -0.1) is 0 Å². The molecule has 1 aromatic carbocycles. The molecule has 1 N–H and O–H groups in total. The first-order valence-corrected chi connectivity index (χ1v) is 5.22. The Kier molecular flexibility index (Phi) is 4.54. The summed E-state index contributed by atoms with van der Waals surface area (Å²) >= 11 is 0. The number of halogens is 3. The van der Waals surface area contributed by atoms with E-state index in [2.05, 4.69) is 0 Å². The first kappa shape index (κ1) is 13.5. The zero-order chi connectivity index (χ0) is 12.9. The van der Waals surface area contributed by atoms with Gasteiger partial charge in [0.25, 0.3) is 0 Å². The molecule has 0 fully saturated rings. The number of alkyl halides is 3. The Morgan fingerprint density at radius 2 is 1.82 bits per heavy atom. The molecule has 0 amide bonds. The molecule has 0 radical (unpaired) electrons. The Bertz CT molecular complexity index is 360. The van der Waals surface area contributed by atoms with Crippen molar-refractivity contribution < 1.29 is 23.1 Å². The van der Waals surface area contributed by atoms with Crippen LogP contribution in [0.1, 0.15) is 18.4 Å². The van der Waals surface area contributed by atoms with Crippen LogP contribution in [0, 0.1) is 5.92 Å². The summed E-state index contributed by atoms with van der Waals surface area (Å²) in [5, 5.41) is 8.44. The average molecular weight is 246 g/mol. The van der Waals surface area contributed by atoms with Crippen molar-refractivity contribution in [2.24, 2.45) is 5.92 Å². The molecule has 94 valence electrons. The molecule has 0 aromatic heterocycles. The van der Waals surface area contributed by atoms with Crippen molar-refractivity contribution >= 4 is 5.97 Å². The monoisotopic (exact) mass is 246 g/mol.